The summed E-state index contributed by atoms with van der Waals surface area (Å²) in [6.07, 6.45) is -3.04. The Morgan fingerprint density at radius 3 is 2.61 bits per heavy atom. The fourth-order valence-electron chi connectivity index (χ4n) is 4.42. The van der Waals surface area contributed by atoms with Crippen LogP contribution in [0.15, 0.2) is 16.7 Å². The zero-order valence-electron chi connectivity index (χ0n) is 18.2. The lowest BCUT2D eigenvalue weighted by Crippen LogP contribution is -2.49. The molecule has 170 valence electrons. The van der Waals surface area contributed by atoms with E-state index >= 15 is 0 Å². The van der Waals surface area contributed by atoms with Crippen LogP contribution in [0.4, 0.5) is 19.0 Å². The summed E-state index contributed by atoms with van der Waals surface area (Å²) in [4.78, 5) is 14.4. The van der Waals surface area contributed by atoms with E-state index in [9.17, 15) is 18.0 Å². The topological polar surface area (TPSA) is 76.2 Å². The highest BCUT2D eigenvalue weighted by Crippen LogP contribution is 2.43. The average Bonchev–Trinajstić information content (AvgIpc) is 3.32. The van der Waals surface area contributed by atoms with E-state index < -0.39 is 18.3 Å². The zero-order chi connectivity index (χ0) is 22.6. The smallest absolute Gasteiger partial charge is 0.367 e. The van der Waals surface area contributed by atoms with Crippen LogP contribution < -0.4 is 5.32 Å². The number of likely N-dealkylation sites (tertiary alicyclic amines) is 1. The highest BCUT2D eigenvalue weighted by Gasteiger charge is 2.48. The first kappa shape index (κ1) is 21.7. The summed E-state index contributed by atoms with van der Waals surface area (Å²) in [5, 5.41) is 11.3. The molecule has 3 atom stereocenters. The summed E-state index contributed by atoms with van der Waals surface area (Å²) in [5.41, 5.74) is 0.869. The quantitative estimate of drug-likeness (QED) is 0.754. The number of anilines is 1. The first-order chi connectivity index (χ1) is 14.4. The number of hydrogen-bond donors (Lipinski definition) is 1. The molecule has 0 aliphatic carbocycles. The first-order valence-corrected chi connectivity index (χ1v) is 10.6. The highest BCUT2D eigenvalue weighted by molar-refractivity contribution is 5.91. The number of hydrogen-bond acceptors (Lipinski definition) is 5. The van der Waals surface area contributed by atoms with Crippen molar-refractivity contribution < 1.29 is 22.5 Å². The van der Waals surface area contributed by atoms with E-state index in [2.05, 4.69) is 15.6 Å². The van der Waals surface area contributed by atoms with E-state index in [4.69, 9.17) is 4.52 Å². The fraction of sp³-hybridized carbons (Fsp3) is 0.667. The van der Waals surface area contributed by atoms with Crippen molar-refractivity contribution in [2.75, 3.05) is 18.4 Å². The Hall–Kier alpha value is -2.52. The van der Waals surface area contributed by atoms with Crippen molar-refractivity contribution in [3.05, 3.63) is 29.3 Å². The number of rotatable bonds is 2. The third kappa shape index (κ3) is 4.29. The molecule has 0 aromatic carbocycles. The number of nitrogens with zero attached hydrogens (tertiary/aromatic N) is 4. The van der Waals surface area contributed by atoms with Gasteiger partial charge in [0.2, 0.25) is 5.76 Å². The van der Waals surface area contributed by atoms with Gasteiger partial charge in [0, 0.05) is 36.7 Å². The molecule has 1 amide bonds. The number of alkyl halides is 3. The number of fused-ring (bicyclic) bond motifs is 1. The molecule has 31 heavy (non-hydrogen) atoms. The number of aromatic nitrogens is 3. The molecule has 2 aromatic heterocycles. The fourth-order valence-corrected chi connectivity index (χ4v) is 4.42. The number of aryl methyl sites for hydroxylation is 1. The van der Waals surface area contributed by atoms with Crippen LogP contribution in [0.3, 0.4) is 0 Å². The molecular weight excluding hydrogens is 411 g/mol. The third-order valence-electron chi connectivity index (χ3n) is 6.14. The summed E-state index contributed by atoms with van der Waals surface area (Å²) >= 11 is 0. The maximum absolute atomic E-state index is 13.9. The van der Waals surface area contributed by atoms with Crippen LogP contribution in [0.1, 0.15) is 68.0 Å². The molecule has 2 aliphatic rings. The second-order valence-corrected chi connectivity index (χ2v) is 9.64. The molecule has 2 aliphatic heterocycles. The van der Waals surface area contributed by atoms with Crippen LogP contribution in [0.25, 0.3) is 0 Å². The number of carbonyl (C=O) groups is 1. The molecule has 0 saturated carbocycles. The largest absolute Gasteiger partial charge is 0.410 e. The molecule has 0 radical (unpaired) electrons. The van der Waals surface area contributed by atoms with Crippen molar-refractivity contribution in [3.8, 4) is 0 Å². The molecule has 0 bridgehead atoms. The van der Waals surface area contributed by atoms with Crippen molar-refractivity contribution in [2.45, 2.75) is 70.6 Å². The van der Waals surface area contributed by atoms with Crippen molar-refractivity contribution >= 4 is 11.7 Å². The van der Waals surface area contributed by atoms with Crippen LogP contribution in [0.5, 0.6) is 0 Å². The van der Waals surface area contributed by atoms with Crippen molar-refractivity contribution in [3.63, 3.8) is 0 Å². The number of amides is 1. The van der Waals surface area contributed by atoms with E-state index in [1.165, 1.54) is 0 Å². The van der Waals surface area contributed by atoms with Gasteiger partial charge in [0.05, 0.1) is 11.4 Å². The Bertz CT molecular complexity index is 959. The van der Waals surface area contributed by atoms with Gasteiger partial charge in [-0.05, 0) is 32.1 Å². The van der Waals surface area contributed by atoms with E-state index in [0.29, 0.717) is 30.3 Å². The van der Waals surface area contributed by atoms with Gasteiger partial charge in [-0.15, -0.1) is 0 Å². The van der Waals surface area contributed by atoms with Crippen LogP contribution in [0, 0.1) is 12.8 Å². The first-order valence-electron chi connectivity index (χ1n) is 10.6. The molecule has 10 heteroatoms. The lowest BCUT2D eigenvalue weighted by atomic mass is 9.85. The van der Waals surface area contributed by atoms with Gasteiger partial charge in [-0.25, -0.2) is 4.68 Å². The maximum Gasteiger partial charge on any atom is 0.410 e. The van der Waals surface area contributed by atoms with Crippen molar-refractivity contribution in [1.29, 1.82) is 0 Å². The normalized spacial score (nSPS) is 24.6. The summed E-state index contributed by atoms with van der Waals surface area (Å²) in [5.74, 6) is 0.176. The lowest BCUT2D eigenvalue weighted by Gasteiger charge is -2.41. The van der Waals surface area contributed by atoms with E-state index in [1.54, 1.807) is 24.0 Å². The van der Waals surface area contributed by atoms with E-state index in [-0.39, 0.29) is 29.4 Å². The molecule has 1 unspecified atom stereocenters. The third-order valence-corrected chi connectivity index (χ3v) is 6.14. The maximum atomic E-state index is 13.9. The van der Waals surface area contributed by atoms with Crippen LogP contribution in [0.2, 0.25) is 0 Å². The van der Waals surface area contributed by atoms with Crippen molar-refractivity contribution in [1.82, 2.24) is 19.8 Å². The Balaban J connectivity index is 1.56. The second-order valence-electron chi connectivity index (χ2n) is 9.64. The van der Waals surface area contributed by atoms with Gasteiger partial charge < -0.3 is 14.7 Å². The Labute approximate surface area is 178 Å². The minimum Gasteiger partial charge on any atom is -0.367 e. The van der Waals surface area contributed by atoms with Crippen molar-refractivity contribution in [2.24, 2.45) is 5.92 Å². The van der Waals surface area contributed by atoms with Crippen LogP contribution >= 0.6 is 0 Å². The summed E-state index contributed by atoms with van der Waals surface area (Å²) < 4.78 is 47.9. The number of nitrogens with one attached hydrogen (secondary N) is 1. The summed E-state index contributed by atoms with van der Waals surface area (Å²) in [7, 11) is 0. The van der Waals surface area contributed by atoms with Gasteiger partial charge in [0.15, 0.2) is 6.04 Å². The zero-order valence-corrected chi connectivity index (χ0v) is 18.2. The molecule has 1 N–H and O–H groups in total. The monoisotopic (exact) mass is 439 g/mol. The summed E-state index contributed by atoms with van der Waals surface area (Å²) in [6.45, 7) is 8.45. The minimum atomic E-state index is -4.40. The molecular formula is C21H28F3N5O2. The minimum absolute atomic E-state index is 0.103. The molecule has 2 aromatic rings. The molecule has 1 saturated heterocycles. The Morgan fingerprint density at radius 1 is 1.26 bits per heavy atom. The Morgan fingerprint density at radius 2 is 2.00 bits per heavy atom. The Kier molecular flexibility index (Phi) is 5.29. The molecule has 4 rings (SSSR count). The summed E-state index contributed by atoms with van der Waals surface area (Å²) in [6, 6.07) is 1.20. The standard InChI is InChI=1S/C21H28F3N5O2/c1-12-8-15(31-27-12)19(30)28-7-5-6-13(11-28)14-9-17(21(22,23)24)29-18(25-14)10-16(26-29)20(2,3)4/h8,10,13-14,17,25H,5-7,9,11H2,1-4H3/t13?,14-,17+/m0/s1. The SMILES string of the molecule is Cc1cc(C(=O)N2CCCC([C@@H]3C[C@H](C(F)(F)F)n4nc(C(C)(C)C)cc4N3)C2)on1. The van der Waals surface area contributed by atoms with Gasteiger partial charge in [0.1, 0.15) is 5.82 Å². The highest BCUT2D eigenvalue weighted by atomic mass is 19.4. The number of piperidine rings is 1. The molecule has 4 heterocycles. The van der Waals surface area contributed by atoms with Crippen LogP contribution in [-0.4, -0.2) is 51.1 Å². The van der Waals surface area contributed by atoms with Gasteiger partial charge >= 0.3 is 6.18 Å². The molecule has 0 spiro atoms. The predicted molar refractivity (Wildman–Crippen MR) is 108 cm³/mol. The number of halogens is 3. The van der Waals surface area contributed by atoms with Gasteiger partial charge in [0.25, 0.3) is 5.91 Å². The van der Waals surface area contributed by atoms with Gasteiger partial charge in [-0.3, -0.25) is 4.79 Å². The average molecular weight is 439 g/mol. The van der Waals surface area contributed by atoms with Gasteiger partial charge in [-0.2, -0.15) is 18.3 Å². The lowest BCUT2D eigenvalue weighted by molar-refractivity contribution is -0.174. The van der Waals surface area contributed by atoms with E-state index in [1.807, 2.05) is 20.8 Å². The van der Waals surface area contributed by atoms with E-state index in [0.717, 1.165) is 17.5 Å². The van der Waals surface area contributed by atoms with Crippen LogP contribution in [-0.2, 0) is 5.41 Å². The van der Waals surface area contributed by atoms with Gasteiger partial charge in [-0.1, -0.05) is 25.9 Å². The number of carbonyl (C=O) groups excluding carboxylic acids is 1. The molecule has 7 nitrogen and oxygen atoms in total. The predicted octanol–water partition coefficient (Wildman–Crippen LogP) is 4.32. The molecule has 1 fully saturated rings. The second kappa shape index (κ2) is 7.56.